The first-order chi connectivity index (χ1) is 15.6. The fraction of sp³-hybridized carbons (Fsp3) is 0.600. The van der Waals surface area contributed by atoms with E-state index in [1.165, 1.54) is 5.56 Å². The molecule has 0 spiro atoms. The van der Waals surface area contributed by atoms with E-state index in [9.17, 15) is 14.4 Å². The van der Waals surface area contributed by atoms with E-state index in [1.54, 1.807) is 4.90 Å². The average molecular weight is 476 g/mol. The maximum absolute atomic E-state index is 12.9. The molecular formula is C25H37N3O4S. The number of thiocarbonyl (C=S) groups is 1. The molecule has 1 aromatic carbocycles. The van der Waals surface area contributed by atoms with E-state index in [0.29, 0.717) is 31.5 Å². The summed E-state index contributed by atoms with van der Waals surface area (Å²) >= 11 is 5.45. The molecule has 33 heavy (non-hydrogen) atoms. The van der Waals surface area contributed by atoms with Crippen molar-refractivity contribution in [2.24, 2.45) is 11.8 Å². The normalized spacial score (nSPS) is 17.0. The molecule has 182 valence electrons. The van der Waals surface area contributed by atoms with Crippen LogP contribution in [0.25, 0.3) is 0 Å². The Morgan fingerprint density at radius 1 is 1.15 bits per heavy atom. The van der Waals surface area contributed by atoms with Gasteiger partial charge >= 0.3 is 5.97 Å². The van der Waals surface area contributed by atoms with Crippen LogP contribution in [0.1, 0.15) is 64.5 Å². The molecular weight excluding hydrogens is 438 g/mol. The minimum Gasteiger partial charge on any atom is -0.466 e. The number of carbonyl (C=O) groups excluding carboxylic acids is 3. The second kappa shape index (κ2) is 12.7. The molecule has 2 rings (SSSR count). The number of hydrogen-bond donors (Lipinski definition) is 2. The molecule has 1 aliphatic rings. The van der Waals surface area contributed by atoms with Gasteiger partial charge in [-0.15, -0.1) is 0 Å². The van der Waals surface area contributed by atoms with Gasteiger partial charge < -0.3 is 20.3 Å². The lowest BCUT2D eigenvalue weighted by molar-refractivity contribution is -0.147. The number of nitrogens with one attached hydrogen (secondary N) is 2. The molecule has 1 heterocycles. The van der Waals surface area contributed by atoms with E-state index in [0.717, 1.165) is 18.4 Å². The molecule has 0 radical (unpaired) electrons. The van der Waals surface area contributed by atoms with Gasteiger partial charge in [-0.25, -0.2) is 0 Å². The first-order valence-electron chi connectivity index (χ1n) is 11.7. The Morgan fingerprint density at radius 3 is 2.42 bits per heavy atom. The zero-order chi connectivity index (χ0) is 24.5. The molecule has 1 saturated heterocycles. The molecule has 2 amide bonds. The highest BCUT2D eigenvalue weighted by molar-refractivity contribution is 7.80. The van der Waals surface area contributed by atoms with Gasteiger partial charge in [-0.2, -0.15) is 0 Å². The Morgan fingerprint density at radius 2 is 1.82 bits per heavy atom. The molecule has 2 unspecified atom stereocenters. The zero-order valence-electron chi connectivity index (χ0n) is 20.3. The van der Waals surface area contributed by atoms with Crippen LogP contribution in [-0.2, 0) is 25.5 Å². The van der Waals surface area contributed by atoms with Crippen LogP contribution in [-0.4, -0.2) is 53.5 Å². The maximum atomic E-state index is 12.9. The van der Waals surface area contributed by atoms with Gasteiger partial charge in [-0.3, -0.25) is 14.4 Å². The fourth-order valence-electron chi connectivity index (χ4n) is 3.64. The number of carbonyl (C=O) groups is 3. The van der Waals surface area contributed by atoms with Crippen LogP contribution in [0.2, 0.25) is 0 Å². The summed E-state index contributed by atoms with van der Waals surface area (Å²) in [5, 5.41) is 5.67. The Kier molecular flexibility index (Phi) is 10.3. The number of esters is 1. The lowest BCUT2D eigenvalue weighted by Gasteiger charge is -2.36. The monoisotopic (exact) mass is 475 g/mol. The van der Waals surface area contributed by atoms with Gasteiger partial charge in [0.05, 0.1) is 18.9 Å². The average Bonchev–Trinajstić information content (AvgIpc) is 2.74. The van der Waals surface area contributed by atoms with Crippen molar-refractivity contribution in [2.45, 2.75) is 65.8 Å². The van der Waals surface area contributed by atoms with Crippen LogP contribution >= 0.6 is 12.2 Å². The third-order valence-electron chi connectivity index (χ3n) is 5.66. The number of nitrogens with zero attached hydrogens (tertiary/aromatic N) is 1. The summed E-state index contributed by atoms with van der Waals surface area (Å²) < 4.78 is 5.27. The van der Waals surface area contributed by atoms with Gasteiger partial charge in [0, 0.05) is 13.1 Å². The van der Waals surface area contributed by atoms with Crippen molar-refractivity contribution in [1.29, 1.82) is 0 Å². The minimum absolute atomic E-state index is 0.118. The molecule has 2 N–H and O–H groups in total. The van der Waals surface area contributed by atoms with E-state index in [-0.39, 0.29) is 23.3 Å². The van der Waals surface area contributed by atoms with E-state index in [2.05, 4.69) is 24.5 Å². The number of hydrogen-bond acceptors (Lipinski definition) is 5. The summed E-state index contributed by atoms with van der Waals surface area (Å²) in [6, 6.07) is 7.23. The summed E-state index contributed by atoms with van der Waals surface area (Å²) in [5.41, 5.74) is 2.13. The number of benzene rings is 1. The number of ether oxygens (including phenoxy) is 1. The Bertz CT molecular complexity index is 839. The minimum atomic E-state index is -0.802. The second-order valence-corrected chi connectivity index (χ2v) is 9.85. The Hall–Kier alpha value is -2.48. The molecule has 1 aromatic rings. The van der Waals surface area contributed by atoms with Gasteiger partial charge in [0.2, 0.25) is 11.8 Å². The second-order valence-electron chi connectivity index (χ2n) is 9.46. The summed E-state index contributed by atoms with van der Waals surface area (Å²) in [6.07, 6.45) is 1.63. The zero-order valence-corrected chi connectivity index (χ0v) is 21.2. The number of rotatable bonds is 9. The maximum Gasteiger partial charge on any atom is 0.308 e. The number of piperazine rings is 1. The highest BCUT2D eigenvalue weighted by atomic mass is 32.1. The topological polar surface area (TPSA) is 87.7 Å². The van der Waals surface area contributed by atoms with Gasteiger partial charge in [0.1, 0.15) is 6.04 Å². The highest BCUT2D eigenvalue weighted by Gasteiger charge is 2.34. The number of amides is 2. The van der Waals surface area contributed by atoms with Crippen LogP contribution in [0.15, 0.2) is 24.3 Å². The predicted molar refractivity (Wildman–Crippen MR) is 133 cm³/mol. The standard InChI is InChI=1S/C25H37N3O4S/c1-16(2)10-13-32-22(29)15-21-24(31)26-11-12-28(21)25(33)27-23(30)18(5)20-8-6-19(7-9-20)14-17(3)4/h6-9,16-18,21H,10-15H2,1-5H3,(H,26,31)(H,27,30,33). The van der Waals surface area contributed by atoms with Crippen molar-refractivity contribution in [3.63, 3.8) is 0 Å². The molecule has 8 heteroatoms. The van der Waals surface area contributed by atoms with Crippen molar-refractivity contribution in [2.75, 3.05) is 19.7 Å². The predicted octanol–water partition coefficient (Wildman–Crippen LogP) is 3.17. The van der Waals surface area contributed by atoms with Gasteiger partial charge in [-0.1, -0.05) is 52.0 Å². The molecule has 1 fully saturated rings. The summed E-state index contributed by atoms with van der Waals surface area (Å²) in [4.78, 5) is 39.2. The van der Waals surface area contributed by atoms with Crippen molar-refractivity contribution >= 4 is 35.1 Å². The molecule has 0 aromatic heterocycles. The van der Waals surface area contributed by atoms with Gasteiger partial charge in [-0.05, 0) is 54.9 Å². The molecule has 0 saturated carbocycles. The third kappa shape index (κ3) is 8.42. The van der Waals surface area contributed by atoms with Crippen LogP contribution in [0, 0.1) is 11.8 Å². The molecule has 1 aliphatic heterocycles. The van der Waals surface area contributed by atoms with Gasteiger partial charge in [0.25, 0.3) is 0 Å². The smallest absolute Gasteiger partial charge is 0.308 e. The van der Waals surface area contributed by atoms with E-state index in [4.69, 9.17) is 17.0 Å². The summed E-state index contributed by atoms with van der Waals surface area (Å²) in [5.74, 6) is -0.423. The van der Waals surface area contributed by atoms with E-state index >= 15 is 0 Å². The first kappa shape index (κ1) is 26.8. The van der Waals surface area contributed by atoms with Crippen LogP contribution in [0.3, 0.4) is 0 Å². The SMILES string of the molecule is CC(C)CCOC(=O)CC1C(=O)NCCN1C(=S)NC(=O)C(C)c1ccc(CC(C)C)cc1. The lowest BCUT2D eigenvalue weighted by Crippen LogP contribution is -2.60. The molecule has 0 aliphatic carbocycles. The van der Waals surface area contributed by atoms with E-state index in [1.807, 2.05) is 45.0 Å². The lowest BCUT2D eigenvalue weighted by atomic mass is 9.96. The van der Waals surface area contributed by atoms with Crippen molar-refractivity contribution in [3.05, 3.63) is 35.4 Å². The quantitative estimate of drug-likeness (QED) is 0.421. The van der Waals surface area contributed by atoms with Gasteiger partial charge in [0.15, 0.2) is 5.11 Å². The van der Waals surface area contributed by atoms with Crippen molar-refractivity contribution in [1.82, 2.24) is 15.5 Å². The Balaban J connectivity index is 1.98. The molecule has 2 atom stereocenters. The fourth-order valence-corrected chi connectivity index (χ4v) is 3.96. The summed E-state index contributed by atoms with van der Waals surface area (Å²) in [7, 11) is 0. The first-order valence-corrected chi connectivity index (χ1v) is 12.1. The molecule has 0 bridgehead atoms. The van der Waals surface area contributed by atoms with Crippen LogP contribution in [0.4, 0.5) is 0 Å². The third-order valence-corrected chi connectivity index (χ3v) is 5.99. The van der Waals surface area contributed by atoms with Crippen LogP contribution < -0.4 is 10.6 Å². The van der Waals surface area contributed by atoms with E-state index < -0.39 is 17.9 Å². The van der Waals surface area contributed by atoms with Crippen molar-refractivity contribution in [3.8, 4) is 0 Å². The summed E-state index contributed by atoms with van der Waals surface area (Å²) in [6.45, 7) is 11.4. The van der Waals surface area contributed by atoms with Crippen LogP contribution in [0.5, 0.6) is 0 Å². The highest BCUT2D eigenvalue weighted by Crippen LogP contribution is 2.18. The molecule has 7 nitrogen and oxygen atoms in total. The van der Waals surface area contributed by atoms with Crippen molar-refractivity contribution < 1.29 is 19.1 Å². The Labute approximate surface area is 202 Å². The largest absolute Gasteiger partial charge is 0.466 e.